The van der Waals surface area contributed by atoms with Crippen LogP contribution in [0, 0.1) is 0 Å². The number of urea groups is 1. The molecule has 7 heteroatoms. The molecule has 142 valence electrons. The second-order valence-corrected chi connectivity index (χ2v) is 7.36. The van der Waals surface area contributed by atoms with Gasteiger partial charge in [0.25, 0.3) is 5.91 Å². The second kappa shape index (κ2) is 6.83. The topological polar surface area (TPSA) is 86.0 Å². The maximum absolute atomic E-state index is 12.8. The van der Waals surface area contributed by atoms with Crippen molar-refractivity contribution in [1.82, 2.24) is 15.1 Å². The SMILES string of the molecule is C[C@]1(c2ccco2)NC(=O)N(C[C@@H](O)CN2CCc3ccccc3C2)C1=O. The molecule has 3 heterocycles. The summed E-state index contributed by atoms with van der Waals surface area (Å²) in [5.74, 6) is -0.0315. The normalized spacial score (nSPS) is 24.0. The van der Waals surface area contributed by atoms with Crippen LogP contribution in [0.15, 0.2) is 47.1 Å². The van der Waals surface area contributed by atoms with Crippen LogP contribution >= 0.6 is 0 Å². The molecule has 1 aromatic heterocycles. The summed E-state index contributed by atoms with van der Waals surface area (Å²) < 4.78 is 5.31. The molecule has 1 aromatic carbocycles. The molecule has 0 saturated carbocycles. The van der Waals surface area contributed by atoms with Crippen molar-refractivity contribution in [2.24, 2.45) is 0 Å². The number of amides is 3. The average molecular weight is 369 g/mol. The zero-order chi connectivity index (χ0) is 19.0. The summed E-state index contributed by atoms with van der Waals surface area (Å²) in [4.78, 5) is 28.3. The van der Waals surface area contributed by atoms with Gasteiger partial charge in [0.15, 0.2) is 5.54 Å². The van der Waals surface area contributed by atoms with E-state index < -0.39 is 23.6 Å². The molecule has 0 unspecified atom stereocenters. The maximum Gasteiger partial charge on any atom is 0.325 e. The number of hydrogen-bond acceptors (Lipinski definition) is 5. The highest BCUT2D eigenvalue weighted by atomic mass is 16.3. The molecule has 0 aliphatic carbocycles. The molecule has 0 bridgehead atoms. The minimum Gasteiger partial charge on any atom is -0.466 e. The van der Waals surface area contributed by atoms with E-state index in [1.807, 2.05) is 12.1 Å². The van der Waals surface area contributed by atoms with Gasteiger partial charge in [-0.3, -0.25) is 14.6 Å². The Bertz CT molecular complexity index is 851. The summed E-state index contributed by atoms with van der Waals surface area (Å²) >= 11 is 0. The second-order valence-electron chi connectivity index (χ2n) is 7.36. The number of nitrogens with one attached hydrogen (secondary N) is 1. The van der Waals surface area contributed by atoms with Gasteiger partial charge in [0.05, 0.1) is 18.9 Å². The minimum atomic E-state index is -1.23. The predicted molar refractivity (Wildman–Crippen MR) is 97.7 cm³/mol. The number of imide groups is 1. The fourth-order valence-electron chi connectivity index (χ4n) is 3.87. The van der Waals surface area contributed by atoms with E-state index in [4.69, 9.17) is 4.42 Å². The first-order valence-corrected chi connectivity index (χ1v) is 9.12. The summed E-state index contributed by atoms with van der Waals surface area (Å²) in [6, 6.07) is 11.1. The molecule has 7 nitrogen and oxygen atoms in total. The summed E-state index contributed by atoms with van der Waals surface area (Å²) in [6.07, 6.45) is 1.58. The van der Waals surface area contributed by atoms with Gasteiger partial charge in [-0.2, -0.15) is 0 Å². The van der Waals surface area contributed by atoms with E-state index in [1.54, 1.807) is 19.1 Å². The van der Waals surface area contributed by atoms with Crippen LogP contribution in [0.3, 0.4) is 0 Å². The molecule has 27 heavy (non-hydrogen) atoms. The van der Waals surface area contributed by atoms with Gasteiger partial charge in [-0.1, -0.05) is 24.3 Å². The number of rotatable bonds is 5. The Morgan fingerprint density at radius 1 is 1.19 bits per heavy atom. The molecular weight excluding hydrogens is 346 g/mol. The standard InChI is InChI=1S/C20H23N3O4/c1-20(17-7-4-10-27-17)18(25)23(19(26)21-20)13-16(24)12-22-9-8-14-5-2-3-6-15(14)11-22/h2-7,10,16,24H,8-9,11-13H2,1H3,(H,21,26)/t16-,20+/m0/s1. The fourth-order valence-corrected chi connectivity index (χ4v) is 3.87. The van der Waals surface area contributed by atoms with Gasteiger partial charge in [0.2, 0.25) is 0 Å². The van der Waals surface area contributed by atoms with Gasteiger partial charge in [0, 0.05) is 19.6 Å². The maximum atomic E-state index is 12.8. The molecule has 4 rings (SSSR count). The molecule has 1 saturated heterocycles. The third-order valence-electron chi connectivity index (χ3n) is 5.36. The lowest BCUT2D eigenvalue weighted by Crippen LogP contribution is -2.45. The number of aliphatic hydroxyl groups is 1. The van der Waals surface area contributed by atoms with E-state index >= 15 is 0 Å². The Labute approximate surface area is 157 Å². The Hall–Kier alpha value is -2.64. The van der Waals surface area contributed by atoms with Crippen LogP contribution in [0.1, 0.15) is 23.8 Å². The largest absolute Gasteiger partial charge is 0.466 e. The van der Waals surface area contributed by atoms with Gasteiger partial charge < -0.3 is 14.8 Å². The lowest BCUT2D eigenvalue weighted by molar-refractivity contribution is -0.132. The number of benzene rings is 1. The number of nitrogens with zero attached hydrogens (tertiary/aromatic N) is 2. The van der Waals surface area contributed by atoms with Gasteiger partial charge in [0.1, 0.15) is 5.76 Å². The summed E-state index contributed by atoms with van der Waals surface area (Å²) in [5.41, 5.74) is 1.37. The average Bonchev–Trinajstić information content (AvgIpc) is 3.26. The number of aliphatic hydroxyl groups excluding tert-OH is 1. The lowest BCUT2D eigenvalue weighted by atomic mass is 9.99. The van der Waals surface area contributed by atoms with Gasteiger partial charge in [-0.15, -0.1) is 0 Å². The van der Waals surface area contributed by atoms with Crippen LogP contribution in [-0.4, -0.2) is 52.6 Å². The van der Waals surface area contributed by atoms with Crippen LogP contribution in [0.4, 0.5) is 4.79 Å². The van der Waals surface area contributed by atoms with Crippen molar-refractivity contribution in [3.8, 4) is 0 Å². The van der Waals surface area contributed by atoms with Gasteiger partial charge in [-0.05, 0) is 36.6 Å². The Morgan fingerprint density at radius 2 is 1.96 bits per heavy atom. The summed E-state index contributed by atoms with van der Waals surface area (Å²) in [5, 5.41) is 13.2. The van der Waals surface area contributed by atoms with Crippen molar-refractivity contribution in [2.75, 3.05) is 19.6 Å². The molecule has 2 atom stereocenters. The zero-order valence-electron chi connectivity index (χ0n) is 15.2. The van der Waals surface area contributed by atoms with Crippen molar-refractivity contribution >= 4 is 11.9 Å². The van der Waals surface area contributed by atoms with Crippen molar-refractivity contribution in [2.45, 2.75) is 31.5 Å². The monoisotopic (exact) mass is 369 g/mol. The van der Waals surface area contributed by atoms with Crippen molar-refractivity contribution in [1.29, 1.82) is 0 Å². The van der Waals surface area contributed by atoms with Crippen LogP contribution < -0.4 is 5.32 Å². The predicted octanol–water partition coefficient (Wildman–Crippen LogP) is 1.47. The first-order chi connectivity index (χ1) is 13.0. The molecule has 2 aromatic rings. The first kappa shape index (κ1) is 17.8. The number of furan rings is 1. The molecule has 3 amide bonds. The van der Waals surface area contributed by atoms with E-state index in [0.29, 0.717) is 12.3 Å². The van der Waals surface area contributed by atoms with E-state index in [1.165, 1.54) is 17.4 Å². The van der Waals surface area contributed by atoms with Crippen molar-refractivity contribution in [3.05, 3.63) is 59.5 Å². The molecule has 0 radical (unpaired) electrons. The third-order valence-corrected chi connectivity index (χ3v) is 5.36. The highest BCUT2D eigenvalue weighted by Crippen LogP contribution is 2.29. The van der Waals surface area contributed by atoms with Gasteiger partial charge in [-0.25, -0.2) is 4.79 Å². The molecule has 2 aliphatic heterocycles. The number of β-amino-alcohol motifs (C(OH)–C–C–N with tert-alkyl or cyclic N) is 1. The molecular formula is C20H23N3O4. The number of fused-ring (bicyclic) bond motifs is 1. The van der Waals surface area contributed by atoms with E-state index in [2.05, 4.69) is 22.3 Å². The van der Waals surface area contributed by atoms with Crippen molar-refractivity contribution in [3.63, 3.8) is 0 Å². The molecule has 1 fully saturated rings. The highest BCUT2D eigenvalue weighted by molar-refractivity contribution is 6.06. The van der Waals surface area contributed by atoms with Crippen LogP contribution in [-0.2, 0) is 23.3 Å². The summed E-state index contributed by atoms with van der Waals surface area (Å²) in [7, 11) is 0. The number of hydrogen-bond donors (Lipinski definition) is 2. The quantitative estimate of drug-likeness (QED) is 0.780. The lowest BCUT2D eigenvalue weighted by Gasteiger charge is -2.31. The molecule has 0 spiro atoms. The highest BCUT2D eigenvalue weighted by Gasteiger charge is 2.51. The van der Waals surface area contributed by atoms with E-state index in [0.717, 1.165) is 24.4 Å². The Morgan fingerprint density at radius 3 is 2.70 bits per heavy atom. The fraction of sp³-hybridized carbons (Fsp3) is 0.400. The van der Waals surface area contributed by atoms with Gasteiger partial charge >= 0.3 is 6.03 Å². The molecule has 2 aliphatic rings. The zero-order valence-corrected chi connectivity index (χ0v) is 15.2. The minimum absolute atomic E-state index is 0.0425. The Kier molecular flexibility index (Phi) is 4.49. The smallest absolute Gasteiger partial charge is 0.325 e. The van der Waals surface area contributed by atoms with Crippen molar-refractivity contribution < 1.29 is 19.1 Å². The first-order valence-electron chi connectivity index (χ1n) is 9.12. The summed E-state index contributed by atoms with van der Waals surface area (Å²) in [6.45, 7) is 3.58. The van der Waals surface area contributed by atoms with E-state index in [-0.39, 0.29) is 6.54 Å². The van der Waals surface area contributed by atoms with Crippen LogP contribution in [0.2, 0.25) is 0 Å². The number of carbonyl (C=O) groups excluding carboxylic acids is 2. The number of carbonyl (C=O) groups is 2. The van der Waals surface area contributed by atoms with Crippen LogP contribution in [0.5, 0.6) is 0 Å². The third kappa shape index (κ3) is 3.24. The Balaban J connectivity index is 1.39. The van der Waals surface area contributed by atoms with E-state index in [9.17, 15) is 14.7 Å². The van der Waals surface area contributed by atoms with Crippen LogP contribution in [0.25, 0.3) is 0 Å². The molecule has 2 N–H and O–H groups in total.